The molecule has 2 aromatic heterocycles. The standard InChI is InChI=1S/C50H32N2O/c1-4-14-33(15-5-1)38-20-12-21-39(32-38)34-26-28-35(29-27-34)40-23-13-24-41-42-30-31-44(46(49(42)53-48(40)41)36-16-6-2-7-17-36)50-51-45-25-11-10-22-43(45)47(52-50)37-18-8-3-9-19-37/h1-32H. The Labute approximate surface area is 307 Å². The first-order valence-corrected chi connectivity index (χ1v) is 17.9. The van der Waals surface area contributed by atoms with E-state index >= 15 is 0 Å². The molecule has 0 spiro atoms. The number of benzene rings is 8. The molecule has 0 aliphatic heterocycles. The minimum atomic E-state index is 0.663. The molecule has 0 saturated carbocycles. The second-order valence-corrected chi connectivity index (χ2v) is 13.3. The van der Waals surface area contributed by atoms with Gasteiger partial charge in [-0.3, -0.25) is 0 Å². The molecule has 0 aliphatic carbocycles. The molecule has 0 unspecified atom stereocenters. The van der Waals surface area contributed by atoms with Crippen molar-refractivity contribution in [3.63, 3.8) is 0 Å². The Kier molecular flexibility index (Phi) is 7.47. The van der Waals surface area contributed by atoms with Crippen LogP contribution in [0, 0.1) is 0 Å². The fraction of sp³-hybridized carbons (Fsp3) is 0. The quantitative estimate of drug-likeness (QED) is 0.176. The van der Waals surface area contributed by atoms with Crippen LogP contribution in [0.15, 0.2) is 199 Å². The van der Waals surface area contributed by atoms with E-state index in [1.54, 1.807) is 0 Å². The van der Waals surface area contributed by atoms with E-state index < -0.39 is 0 Å². The normalized spacial score (nSPS) is 11.4. The molecule has 0 N–H and O–H groups in total. The molecule has 53 heavy (non-hydrogen) atoms. The second kappa shape index (κ2) is 12.9. The van der Waals surface area contributed by atoms with Crippen molar-refractivity contribution in [1.29, 1.82) is 0 Å². The zero-order valence-corrected chi connectivity index (χ0v) is 28.8. The molecule has 10 aromatic rings. The average Bonchev–Trinajstić information content (AvgIpc) is 3.63. The molecule has 0 atom stereocenters. The van der Waals surface area contributed by atoms with Crippen molar-refractivity contribution < 1.29 is 4.42 Å². The molecule has 0 aliphatic rings. The van der Waals surface area contributed by atoms with Gasteiger partial charge in [-0.05, 0) is 57.6 Å². The molecule has 2 heterocycles. The Bertz CT molecular complexity index is 2910. The number of nitrogens with zero attached hydrogens (tertiary/aromatic N) is 2. The van der Waals surface area contributed by atoms with Gasteiger partial charge in [-0.2, -0.15) is 0 Å². The predicted molar refractivity (Wildman–Crippen MR) is 219 cm³/mol. The summed E-state index contributed by atoms with van der Waals surface area (Å²) in [7, 11) is 0. The Morgan fingerprint density at radius 2 is 0.868 bits per heavy atom. The van der Waals surface area contributed by atoms with Gasteiger partial charge in [0.1, 0.15) is 11.2 Å². The molecule has 0 fully saturated rings. The number of aromatic nitrogens is 2. The molecule has 0 amide bonds. The molecule has 248 valence electrons. The summed E-state index contributed by atoms with van der Waals surface area (Å²) in [5, 5.41) is 3.15. The van der Waals surface area contributed by atoms with Gasteiger partial charge in [-0.15, -0.1) is 0 Å². The zero-order chi connectivity index (χ0) is 35.1. The summed E-state index contributed by atoms with van der Waals surface area (Å²) in [6.45, 7) is 0. The van der Waals surface area contributed by atoms with Crippen molar-refractivity contribution in [2.45, 2.75) is 0 Å². The highest BCUT2D eigenvalue weighted by atomic mass is 16.3. The van der Waals surface area contributed by atoms with Gasteiger partial charge in [0.05, 0.1) is 11.2 Å². The van der Waals surface area contributed by atoms with Crippen LogP contribution in [-0.4, -0.2) is 9.97 Å². The lowest BCUT2D eigenvalue weighted by atomic mass is 9.95. The highest BCUT2D eigenvalue weighted by Crippen LogP contribution is 2.44. The number of furan rings is 1. The monoisotopic (exact) mass is 676 g/mol. The maximum absolute atomic E-state index is 7.01. The topological polar surface area (TPSA) is 38.9 Å². The van der Waals surface area contributed by atoms with E-state index in [2.05, 4.69) is 170 Å². The molecule has 0 saturated heterocycles. The molecular formula is C50H32N2O. The van der Waals surface area contributed by atoms with E-state index in [1.807, 2.05) is 24.3 Å². The van der Waals surface area contributed by atoms with Gasteiger partial charge in [-0.25, -0.2) is 9.97 Å². The third kappa shape index (κ3) is 5.47. The highest BCUT2D eigenvalue weighted by molar-refractivity contribution is 6.15. The van der Waals surface area contributed by atoms with E-state index in [0.29, 0.717) is 5.82 Å². The van der Waals surface area contributed by atoms with E-state index in [-0.39, 0.29) is 0 Å². The Morgan fingerprint density at radius 1 is 0.321 bits per heavy atom. The lowest BCUT2D eigenvalue weighted by molar-refractivity contribution is 0.671. The van der Waals surface area contributed by atoms with Crippen LogP contribution < -0.4 is 0 Å². The third-order valence-corrected chi connectivity index (χ3v) is 10.1. The van der Waals surface area contributed by atoms with Gasteiger partial charge >= 0.3 is 0 Å². The summed E-state index contributed by atoms with van der Waals surface area (Å²) in [5.74, 6) is 0.663. The molecule has 8 aromatic carbocycles. The van der Waals surface area contributed by atoms with E-state index in [9.17, 15) is 0 Å². The van der Waals surface area contributed by atoms with Crippen LogP contribution in [0.2, 0.25) is 0 Å². The summed E-state index contributed by atoms with van der Waals surface area (Å²) < 4.78 is 7.01. The van der Waals surface area contributed by atoms with Crippen LogP contribution in [0.3, 0.4) is 0 Å². The van der Waals surface area contributed by atoms with Gasteiger partial charge in [0.2, 0.25) is 0 Å². The van der Waals surface area contributed by atoms with Crippen LogP contribution in [0.1, 0.15) is 0 Å². The van der Waals surface area contributed by atoms with Crippen molar-refractivity contribution in [2.24, 2.45) is 0 Å². The Hall–Kier alpha value is -7.10. The third-order valence-electron chi connectivity index (χ3n) is 10.1. The van der Waals surface area contributed by atoms with Crippen LogP contribution in [0.25, 0.3) is 100.0 Å². The number of para-hydroxylation sites is 2. The summed E-state index contributed by atoms with van der Waals surface area (Å²) in [6.07, 6.45) is 0. The molecule has 3 nitrogen and oxygen atoms in total. The van der Waals surface area contributed by atoms with Gasteiger partial charge < -0.3 is 4.42 Å². The summed E-state index contributed by atoms with van der Waals surface area (Å²) in [4.78, 5) is 10.4. The Balaban J connectivity index is 1.13. The van der Waals surface area contributed by atoms with Gasteiger partial charge in [0.15, 0.2) is 5.82 Å². The SMILES string of the molecule is c1ccc(-c2cccc(-c3ccc(-c4cccc5c4oc4c(-c6ccccc6)c(-c6nc(-c7ccccc7)c7ccccc7n6)ccc45)cc3)c2)cc1. The van der Waals surface area contributed by atoms with Gasteiger partial charge in [0.25, 0.3) is 0 Å². The maximum atomic E-state index is 7.01. The molecule has 0 radical (unpaired) electrons. The predicted octanol–water partition coefficient (Wildman–Crippen LogP) is 13.5. The fourth-order valence-electron chi connectivity index (χ4n) is 7.53. The highest BCUT2D eigenvalue weighted by Gasteiger charge is 2.22. The summed E-state index contributed by atoms with van der Waals surface area (Å²) >= 11 is 0. The van der Waals surface area contributed by atoms with Crippen LogP contribution in [-0.2, 0) is 0 Å². The lowest BCUT2D eigenvalue weighted by Crippen LogP contribution is -1.97. The fourth-order valence-corrected chi connectivity index (χ4v) is 7.53. The van der Waals surface area contributed by atoms with Crippen LogP contribution >= 0.6 is 0 Å². The van der Waals surface area contributed by atoms with E-state index in [1.165, 1.54) is 22.3 Å². The number of rotatable bonds is 6. The maximum Gasteiger partial charge on any atom is 0.161 e. The van der Waals surface area contributed by atoms with Crippen molar-refractivity contribution in [2.75, 3.05) is 0 Å². The molecule has 0 bridgehead atoms. The van der Waals surface area contributed by atoms with E-state index in [0.717, 1.165) is 71.9 Å². The van der Waals surface area contributed by atoms with Crippen LogP contribution in [0.5, 0.6) is 0 Å². The number of fused-ring (bicyclic) bond motifs is 4. The largest absolute Gasteiger partial charge is 0.455 e. The van der Waals surface area contributed by atoms with Crippen molar-refractivity contribution in [1.82, 2.24) is 9.97 Å². The number of hydrogen-bond acceptors (Lipinski definition) is 3. The summed E-state index contributed by atoms with van der Waals surface area (Å²) in [5.41, 5.74) is 14.4. The van der Waals surface area contributed by atoms with Crippen LogP contribution in [0.4, 0.5) is 0 Å². The molecule has 3 heteroatoms. The van der Waals surface area contributed by atoms with Crippen molar-refractivity contribution in [3.05, 3.63) is 194 Å². The van der Waals surface area contributed by atoms with Crippen molar-refractivity contribution >= 4 is 32.8 Å². The van der Waals surface area contributed by atoms with E-state index in [4.69, 9.17) is 14.4 Å². The minimum Gasteiger partial charge on any atom is -0.455 e. The lowest BCUT2D eigenvalue weighted by Gasteiger charge is -2.13. The first-order valence-electron chi connectivity index (χ1n) is 17.9. The average molecular weight is 677 g/mol. The second-order valence-electron chi connectivity index (χ2n) is 13.3. The smallest absolute Gasteiger partial charge is 0.161 e. The van der Waals surface area contributed by atoms with Gasteiger partial charge in [0, 0.05) is 38.4 Å². The minimum absolute atomic E-state index is 0.663. The zero-order valence-electron chi connectivity index (χ0n) is 28.8. The number of hydrogen-bond donors (Lipinski definition) is 0. The first-order chi connectivity index (χ1) is 26.3. The summed E-state index contributed by atoms with van der Waals surface area (Å²) in [6, 6.07) is 67.8. The molecular weight excluding hydrogens is 645 g/mol. The Morgan fingerprint density at radius 3 is 1.60 bits per heavy atom. The van der Waals surface area contributed by atoms with Crippen molar-refractivity contribution in [3.8, 4) is 67.2 Å². The van der Waals surface area contributed by atoms with Gasteiger partial charge in [-0.1, -0.05) is 170 Å². The molecule has 10 rings (SSSR count). The first kappa shape index (κ1) is 30.7.